The second kappa shape index (κ2) is 6.12. The van der Waals surface area contributed by atoms with Crippen molar-refractivity contribution in [2.45, 2.75) is 12.2 Å². The summed E-state index contributed by atoms with van der Waals surface area (Å²) in [6, 6.07) is 0. The number of aliphatic imine (C=N–C) groups is 1. The number of aliphatic hydroxyl groups is 2. The van der Waals surface area contributed by atoms with Crippen molar-refractivity contribution in [2.24, 2.45) is 4.99 Å². The van der Waals surface area contributed by atoms with Crippen molar-refractivity contribution in [3.63, 3.8) is 0 Å². The predicted octanol–water partition coefficient (Wildman–Crippen LogP) is -2.32. The van der Waals surface area contributed by atoms with Gasteiger partial charge >= 0.3 is 7.82 Å². The average Bonchev–Trinajstić information content (AvgIpc) is 2.42. The van der Waals surface area contributed by atoms with E-state index in [0.29, 0.717) is 0 Å². The minimum atomic E-state index is -4.77. The number of H-pyrrole nitrogens is 1. The van der Waals surface area contributed by atoms with E-state index >= 15 is 0 Å². The number of hydrogen-bond acceptors (Lipinski definition) is 9. The fraction of sp³-hybridized carbons (Fsp3) is 0.444. The highest BCUT2D eigenvalue weighted by atomic mass is 31.2. The number of phosphoric acid groups is 1. The molecule has 0 aromatic carbocycles. The monoisotopic (exact) mass is 335 g/mol. The Morgan fingerprint density at radius 1 is 1.41 bits per heavy atom. The largest absolute Gasteiger partial charge is 0.469 e. The van der Waals surface area contributed by atoms with E-state index in [0.717, 1.165) is 0 Å². The molecule has 0 saturated heterocycles. The molecule has 13 heteroatoms. The molecule has 8 N–H and O–H groups in total. The summed E-state index contributed by atoms with van der Waals surface area (Å²) >= 11 is 0. The summed E-state index contributed by atoms with van der Waals surface area (Å²) in [5, 5.41) is 22.2. The molecule has 0 spiro atoms. The zero-order valence-electron chi connectivity index (χ0n) is 11.0. The summed E-state index contributed by atoms with van der Waals surface area (Å²) < 4.78 is 14.6. The van der Waals surface area contributed by atoms with Crippen LogP contribution in [0, 0.1) is 0 Å². The van der Waals surface area contributed by atoms with Crippen LogP contribution in [0.2, 0.25) is 0 Å². The molecule has 122 valence electrons. The third-order valence-corrected chi connectivity index (χ3v) is 3.21. The Morgan fingerprint density at radius 2 is 2.09 bits per heavy atom. The number of nitrogens with one attached hydrogen (secondary N) is 2. The van der Waals surface area contributed by atoms with E-state index in [1.54, 1.807) is 0 Å². The Labute approximate surface area is 122 Å². The average molecular weight is 335 g/mol. The number of fused-ring (bicyclic) bond motifs is 1. The second-order valence-electron chi connectivity index (χ2n) is 4.40. The van der Waals surface area contributed by atoms with Crippen molar-refractivity contribution in [3.8, 4) is 0 Å². The van der Waals surface area contributed by atoms with Crippen LogP contribution >= 0.6 is 7.82 Å². The van der Waals surface area contributed by atoms with Gasteiger partial charge in [0.1, 0.15) is 12.2 Å². The van der Waals surface area contributed by atoms with E-state index in [1.807, 2.05) is 0 Å². The number of aromatic nitrogens is 2. The van der Waals surface area contributed by atoms with Crippen LogP contribution in [-0.2, 0) is 9.09 Å². The summed E-state index contributed by atoms with van der Waals surface area (Å²) in [4.78, 5) is 38.7. The topological polar surface area (TPSA) is 203 Å². The number of nitrogen functional groups attached to an aromatic ring is 1. The van der Waals surface area contributed by atoms with Crippen molar-refractivity contribution in [1.82, 2.24) is 9.97 Å². The maximum Gasteiger partial charge on any atom is 0.469 e. The molecular weight excluding hydrogens is 321 g/mol. The molecule has 12 nitrogen and oxygen atoms in total. The Morgan fingerprint density at radius 3 is 2.73 bits per heavy atom. The van der Waals surface area contributed by atoms with Crippen LogP contribution in [0.1, 0.15) is 0 Å². The van der Waals surface area contributed by atoms with Crippen molar-refractivity contribution in [1.29, 1.82) is 0 Å². The van der Waals surface area contributed by atoms with Gasteiger partial charge in [-0.3, -0.25) is 14.3 Å². The molecule has 1 aromatic rings. The van der Waals surface area contributed by atoms with E-state index < -0.39 is 32.2 Å². The number of nitrogens with zero attached hydrogens (tertiary/aromatic N) is 2. The molecule has 1 aliphatic heterocycles. The fourth-order valence-corrected chi connectivity index (χ4v) is 2.07. The summed E-state index contributed by atoms with van der Waals surface area (Å²) in [6.07, 6.45) is -3.24. The number of phosphoric ester groups is 1. The maximum absolute atomic E-state index is 11.7. The van der Waals surface area contributed by atoms with Gasteiger partial charge in [0, 0.05) is 0 Å². The number of rotatable bonds is 5. The second-order valence-corrected chi connectivity index (χ2v) is 5.64. The number of aliphatic hydroxyl groups excluding tert-OH is 2. The predicted molar refractivity (Wildman–Crippen MR) is 74.9 cm³/mol. The lowest BCUT2D eigenvalue weighted by molar-refractivity contribution is 0.0168. The van der Waals surface area contributed by atoms with Gasteiger partial charge in [0.25, 0.3) is 5.56 Å². The first-order valence-electron chi connectivity index (χ1n) is 5.94. The molecule has 22 heavy (non-hydrogen) atoms. The van der Waals surface area contributed by atoms with Crippen molar-refractivity contribution in [3.05, 3.63) is 10.4 Å². The Bertz CT molecular complexity index is 698. The number of aromatic amines is 1. The number of nitrogens with two attached hydrogens (primary N) is 1. The minimum Gasteiger partial charge on any atom is -0.388 e. The Balaban J connectivity index is 2.17. The van der Waals surface area contributed by atoms with Gasteiger partial charge in [-0.05, 0) is 0 Å². The normalized spacial score (nSPS) is 17.2. The highest BCUT2D eigenvalue weighted by Gasteiger charge is 2.28. The van der Waals surface area contributed by atoms with Gasteiger partial charge < -0.3 is 31.1 Å². The quantitative estimate of drug-likeness (QED) is 0.286. The maximum atomic E-state index is 11.7. The van der Waals surface area contributed by atoms with Crippen LogP contribution in [0.4, 0.5) is 17.5 Å². The van der Waals surface area contributed by atoms with Crippen molar-refractivity contribution in [2.75, 3.05) is 24.2 Å². The molecule has 2 heterocycles. The first kappa shape index (κ1) is 16.5. The van der Waals surface area contributed by atoms with Crippen LogP contribution in [0.3, 0.4) is 0 Å². The van der Waals surface area contributed by atoms with Gasteiger partial charge in [-0.2, -0.15) is 4.98 Å². The van der Waals surface area contributed by atoms with E-state index in [-0.39, 0.29) is 29.7 Å². The van der Waals surface area contributed by atoms with Crippen LogP contribution in [0.25, 0.3) is 0 Å². The molecular formula is C9H14N5O7P. The van der Waals surface area contributed by atoms with Gasteiger partial charge in [-0.25, -0.2) is 9.56 Å². The van der Waals surface area contributed by atoms with Gasteiger partial charge in [-0.1, -0.05) is 0 Å². The SMILES string of the molecule is Nc1nc2c(c(=O)[nH]1)N=C([C@H](O)[C@H](O)COP(=O)(O)O)CN2. The lowest BCUT2D eigenvalue weighted by Crippen LogP contribution is -2.41. The van der Waals surface area contributed by atoms with Gasteiger partial charge in [-0.15, -0.1) is 0 Å². The molecule has 1 aliphatic rings. The van der Waals surface area contributed by atoms with Crippen molar-refractivity contribution < 1.29 is 29.1 Å². The molecule has 0 saturated carbocycles. The van der Waals surface area contributed by atoms with Gasteiger partial charge in [0.15, 0.2) is 11.5 Å². The Hall–Kier alpha value is -1.82. The van der Waals surface area contributed by atoms with Crippen LogP contribution in [-0.4, -0.2) is 61.0 Å². The van der Waals surface area contributed by atoms with E-state index in [2.05, 4.69) is 24.8 Å². The molecule has 1 aromatic heterocycles. The first-order valence-corrected chi connectivity index (χ1v) is 7.48. The standard InChI is InChI=1S/C9H14N5O7P/c10-9-13-7-5(8(17)14-9)12-3(1-11-7)6(16)4(15)2-21-22(18,19)20/h4,6,15-16H,1-2H2,(H2,18,19,20)(H4,10,11,13,14,17)/t4-,6+/m1/s1. The zero-order chi connectivity index (χ0) is 16.5. The molecule has 0 amide bonds. The molecule has 0 fully saturated rings. The third-order valence-electron chi connectivity index (χ3n) is 2.72. The smallest absolute Gasteiger partial charge is 0.388 e. The molecule has 0 bridgehead atoms. The molecule has 0 unspecified atom stereocenters. The first-order chi connectivity index (χ1) is 10.2. The third kappa shape index (κ3) is 3.88. The molecule has 2 atom stereocenters. The number of hydrogen-bond donors (Lipinski definition) is 7. The summed E-state index contributed by atoms with van der Waals surface area (Å²) in [6.45, 7) is -0.856. The molecule has 0 radical (unpaired) electrons. The van der Waals surface area contributed by atoms with E-state index in [4.69, 9.17) is 15.5 Å². The summed E-state index contributed by atoms with van der Waals surface area (Å²) in [5.41, 5.74) is 4.58. The lowest BCUT2D eigenvalue weighted by Gasteiger charge is -2.23. The molecule has 0 aliphatic carbocycles. The van der Waals surface area contributed by atoms with Crippen LogP contribution < -0.4 is 16.6 Å². The van der Waals surface area contributed by atoms with Crippen LogP contribution in [0.15, 0.2) is 9.79 Å². The lowest BCUT2D eigenvalue weighted by atomic mass is 10.1. The highest BCUT2D eigenvalue weighted by molar-refractivity contribution is 7.46. The summed E-state index contributed by atoms with van der Waals surface area (Å²) in [7, 11) is -4.77. The highest BCUT2D eigenvalue weighted by Crippen LogP contribution is 2.35. The summed E-state index contributed by atoms with van der Waals surface area (Å²) in [5.74, 6) is 0.0173. The van der Waals surface area contributed by atoms with Crippen molar-refractivity contribution >= 4 is 31.0 Å². The molecule has 2 rings (SSSR count). The zero-order valence-corrected chi connectivity index (χ0v) is 11.9. The van der Waals surface area contributed by atoms with Crippen LogP contribution in [0.5, 0.6) is 0 Å². The fourth-order valence-electron chi connectivity index (χ4n) is 1.73. The Kier molecular flexibility index (Phi) is 4.60. The van der Waals surface area contributed by atoms with E-state index in [1.165, 1.54) is 0 Å². The van der Waals surface area contributed by atoms with Gasteiger partial charge in [0.2, 0.25) is 5.95 Å². The minimum absolute atomic E-state index is 0.0219. The number of anilines is 2. The van der Waals surface area contributed by atoms with Gasteiger partial charge in [0.05, 0.1) is 18.9 Å². The van der Waals surface area contributed by atoms with E-state index in [9.17, 15) is 19.6 Å².